The van der Waals surface area contributed by atoms with Gasteiger partial charge in [0, 0.05) is 6.54 Å². The van der Waals surface area contributed by atoms with E-state index < -0.39 is 0 Å². The van der Waals surface area contributed by atoms with E-state index >= 15 is 0 Å². The molecule has 4 N–H and O–H groups in total. The molecule has 1 amide bonds. The second-order valence-corrected chi connectivity index (χ2v) is 4.81. The smallest absolute Gasteiger partial charge is 0.236 e. The van der Waals surface area contributed by atoms with Gasteiger partial charge in [0.05, 0.1) is 12.1 Å². The third kappa shape index (κ3) is 4.49. The van der Waals surface area contributed by atoms with Crippen molar-refractivity contribution in [3.8, 4) is 0 Å². The molecule has 16 heavy (non-hydrogen) atoms. The van der Waals surface area contributed by atoms with Crippen LogP contribution in [0.5, 0.6) is 0 Å². The van der Waals surface area contributed by atoms with Crippen molar-refractivity contribution in [2.24, 2.45) is 11.7 Å². The number of amides is 1. The Hall–Kier alpha value is -0.610. The first-order valence-corrected chi connectivity index (χ1v) is 6.34. The lowest BCUT2D eigenvalue weighted by Crippen LogP contribution is -2.42. The van der Waals surface area contributed by atoms with E-state index in [9.17, 15) is 9.90 Å². The largest absolute Gasteiger partial charge is 0.393 e. The van der Waals surface area contributed by atoms with Crippen LogP contribution in [0.15, 0.2) is 0 Å². The summed E-state index contributed by atoms with van der Waals surface area (Å²) in [5.74, 6) is 0.481. The van der Waals surface area contributed by atoms with Gasteiger partial charge in [-0.2, -0.15) is 0 Å². The van der Waals surface area contributed by atoms with Crippen LogP contribution in [0.4, 0.5) is 0 Å². The molecule has 0 heterocycles. The molecule has 1 rings (SSSR count). The second kappa shape index (κ2) is 6.86. The molecular formula is C12H24N2O2. The molecule has 1 atom stereocenters. The molecule has 0 radical (unpaired) electrons. The zero-order chi connectivity index (χ0) is 12.0. The van der Waals surface area contributed by atoms with Crippen molar-refractivity contribution < 1.29 is 9.90 Å². The molecule has 0 aromatic rings. The molecule has 4 heteroatoms. The van der Waals surface area contributed by atoms with E-state index in [-0.39, 0.29) is 18.1 Å². The van der Waals surface area contributed by atoms with Crippen molar-refractivity contribution in [1.29, 1.82) is 0 Å². The van der Waals surface area contributed by atoms with Gasteiger partial charge in [-0.25, -0.2) is 0 Å². The lowest BCUT2D eigenvalue weighted by atomic mass is 9.87. The number of nitrogens with two attached hydrogens (primary N) is 1. The molecular weight excluding hydrogens is 204 g/mol. The summed E-state index contributed by atoms with van der Waals surface area (Å²) in [4.78, 5) is 11.6. The summed E-state index contributed by atoms with van der Waals surface area (Å²) < 4.78 is 0. The molecule has 94 valence electrons. The fraction of sp³-hybridized carbons (Fsp3) is 0.917. The van der Waals surface area contributed by atoms with Gasteiger partial charge in [0.2, 0.25) is 5.91 Å². The molecule has 1 aliphatic carbocycles. The van der Waals surface area contributed by atoms with Crippen LogP contribution in [0.2, 0.25) is 0 Å². The highest BCUT2D eigenvalue weighted by Crippen LogP contribution is 2.23. The summed E-state index contributed by atoms with van der Waals surface area (Å²) in [5, 5.41) is 12.3. The van der Waals surface area contributed by atoms with Crippen LogP contribution < -0.4 is 11.1 Å². The average Bonchev–Trinajstić information content (AvgIpc) is 2.28. The summed E-state index contributed by atoms with van der Waals surface area (Å²) in [7, 11) is 0. The van der Waals surface area contributed by atoms with Crippen LogP contribution in [0.25, 0.3) is 0 Å². The normalized spacial score (nSPS) is 27.4. The maximum absolute atomic E-state index is 11.6. The first-order valence-electron chi connectivity index (χ1n) is 6.34. The molecule has 1 aliphatic rings. The van der Waals surface area contributed by atoms with Crippen LogP contribution >= 0.6 is 0 Å². The number of aliphatic hydroxyl groups excluding tert-OH is 1. The summed E-state index contributed by atoms with van der Waals surface area (Å²) in [6.45, 7) is 2.73. The van der Waals surface area contributed by atoms with Crippen LogP contribution in [0, 0.1) is 5.92 Å². The Balaban J connectivity index is 2.16. The Morgan fingerprint density at radius 1 is 1.44 bits per heavy atom. The summed E-state index contributed by atoms with van der Waals surface area (Å²) in [6, 6.07) is -0.362. The Morgan fingerprint density at radius 3 is 2.62 bits per heavy atom. The average molecular weight is 228 g/mol. The molecule has 0 aliphatic heterocycles. The molecule has 0 aromatic heterocycles. The highest BCUT2D eigenvalue weighted by Gasteiger charge is 2.20. The van der Waals surface area contributed by atoms with E-state index in [1.165, 1.54) is 0 Å². The molecule has 0 spiro atoms. The minimum Gasteiger partial charge on any atom is -0.393 e. The molecule has 0 bridgehead atoms. The van der Waals surface area contributed by atoms with Crippen molar-refractivity contribution in [1.82, 2.24) is 5.32 Å². The van der Waals surface area contributed by atoms with Gasteiger partial charge < -0.3 is 16.2 Å². The van der Waals surface area contributed by atoms with Gasteiger partial charge >= 0.3 is 0 Å². The lowest BCUT2D eigenvalue weighted by Gasteiger charge is -2.25. The number of aliphatic hydroxyl groups is 1. The lowest BCUT2D eigenvalue weighted by molar-refractivity contribution is -0.122. The first-order chi connectivity index (χ1) is 7.63. The first kappa shape index (κ1) is 13.5. The van der Waals surface area contributed by atoms with Gasteiger partial charge in [-0.1, -0.05) is 13.3 Å². The van der Waals surface area contributed by atoms with E-state index in [0.29, 0.717) is 12.5 Å². The molecule has 0 saturated heterocycles. The second-order valence-electron chi connectivity index (χ2n) is 4.81. The molecule has 0 aromatic carbocycles. The molecule has 1 saturated carbocycles. The quantitative estimate of drug-likeness (QED) is 0.651. The monoisotopic (exact) mass is 228 g/mol. The third-order valence-electron chi connectivity index (χ3n) is 3.32. The highest BCUT2D eigenvalue weighted by atomic mass is 16.3. The Kier molecular flexibility index (Phi) is 5.77. The molecule has 1 fully saturated rings. The maximum atomic E-state index is 11.6. The predicted molar refractivity (Wildman–Crippen MR) is 63.9 cm³/mol. The predicted octanol–water partition coefficient (Wildman–Crippen LogP) is 0.781. The zero-order valence-electron chi connectivity index (χ0n) is 10.1. The summed E-state index contributed by atoms with van der Waals surface area (Å²) in [6.07, 6.45) is 5.28. The van der Waals surface area contributed by atoms with Gasteiger partial charge in [0.1, 0.15) is 0 Å². The Bertz CT molecular complexity index is 213. The number of hydrogen-bond donors (Lipinski definition) is 3. The SMILES string of the molecule is CCC[C@@H](N)C(=O)NCC1CCC(O)CC1. The highest BCUT2D eigenvalue weighted by molar-refractivity contribution is 5.81. The van der Waals surface area contributed by atoms with Crippen molar-refractivity contribution >= 4 is 5.91 Å². The van der Waals surface area contributed by atoms with E-state index in [1.54, 1.807) is 0 Å². The van der Waals surface area contributed by atoms with E-state index in [2.05, 4.69) is 5.32 Å². The Morgan fingerprint density at radius 2 is 2.06 bits per heavy atom. The van der Waals surface area contributed by atoms with Crippen molar-refractivity contribution in [2.75, 3.05) is 6.54 Å². The van der Waals surface area contributed by atoms with Crippen LogP contribution in [-0.4, -0.2) is 29.7 Å². The molecule has 0 unspecified atom stereocenters. The number of nitrogens with one attached hydrogen (secondary N) is 1. The van der Waals surface area contributed by atoms with Crippen LogP contribution in [0.1, 0.15) is 45.4 Å². The summed E-state index contributed by atoms with van der Waals surface area (Å²) in [5.41, 5.74) is 5.71. The van der Waals surface area contributed by atoms with E-state index in [0.717, 1.165) is 38.5 Å². The van der Waals surface area contributed by atoms with Crippen LogP contribution in [-0.2, 0) is 4.79 Å². The maximum Gasteiger partial charge on any atom is 0.236 e. The third-order valence-corrected chi connectivity index (χ3v) is 3.32. The molecule has 4 nitrogen and oxygen atoms in total. The van der Waals surface area contributed by atoms with Crippen molar-refractivity contribution in [3.05, 3.63) is 0 Å². The topological polar surface area (TPSA) is 75.4 Å². The fourth-order valence-corrected chi connectivity index (χ4v) is 2.17. The number of carbonyl (C=O) groups is 1. The summed E-state index contributed by atoms with van der Waals surface area (Å²) >= 11 is 0. The minimum atomic E-state index is -0.362. The number of rotatable bonds is 5. The van der Waals surface area contributed by atoms with Crippen molar-refractivity contribution in [2.45, 2.75) is 57.6 Å². The number of carbonyl (C=O) groups excluding carboxylic acids is 1. The minimum absolute atomic E-state index is 0.0343. The van der Waals surface area contributed by atoms with E-state index in [1.807, 2.05) is 6.92 Å². The van der Waals surface area contributed by atoms with Crippen molar-refractivity contribution in [3.63, 3.8) is 0 Å². The zero-order valence-corrected chi connectivity index (χ0v) is 10.1. The van der Waals surface area contributed by atoms with Gasteiger partial charge in [-0.05, 0) is 38.0 Å². The fourth-order valence-electron chi connectivity index (χ4n) is 2.17. The number of hydrogen-bond acceptors (Lipinski definition) is 3. The van der Waals surface area contributed by atoms with E-state index in [4.69, 9.17) is 5.73 Å². The van der Waals surface area contributed by atoms with Gasteiger partial charge in [0.15, 0.2) is 0 Å². The van der Waals surface area contributed by atoms with Gasteiger partial charge in [-0.15, -0.1) is 0 Å². The van der Waals surface area contributed by atoms with Gasteiger partial charge in [0.25, 0.3) is 0 Å². The standard InChI is InChI=1S/C12H24N2O2/c1-2-3-11(13)12(16)14-8-9-4-6-10(15)7-5-9/h9-11,15H,2-8,13H2,1H3,(H,14,16)/t9?,10?,11-/m1/s1. The van der Waals surface area contributed by atoms with Gasteiger partial charge in [-0.3, -0.25) is 4.79 Å². The van der Waals surface area contributed by atoms with Crippen LogP contribution in [0.3, 0.4) is 0 Å². The Labute approximate surface area is 97.6 Å².